The molecule has 0 bridgehead atoms. The average Bonchev–Trinajstić information content (AvgIpc) is 2.81. The van der Waals surface area contributed by atoms with Gasteiger partial charge in [0.1, 0.15) is 0 Å². The van der Waals surface area contributed by atoms with E-state index in [1.165, 1.54) is 71.4 Å². The molecule has 0 N–H and O–H groups in total. The van der Waals surface area contributed by atoms with Crippen LogP contribution in [0.4, 0.5) is 0 Å². The van der Waals surface area contributed by atoms with Crippen molar-refractivity contribution in [3.63, 3.8) is 0 Å². The third-order valence-electron chi connectivity index (χ3n) is 6.78. The van der Waals surface area contributed by atoms with Crippen molar-refractivity contribution in [3.05, 3.63) is 113 Å². The summed E-state index contributed by atoms with van der Waals surface area (Å²) in [6.07, 6.45) is 2.09. The van der Waals surface area contributed by atoms with E-state index in [0.717, 1.165) is 5.52 Å². The summed E-state index contributed by atoms with van der Waals surface area (Å²) < 4.78 is 0. The van der Waals surface area contributed by atoms with E-state index < -0.39 is 0 Å². The van der Waals surface area contributed by atoms with E-state index >= 15 is 0 Å². The van der Waals surface area contributed by atoms with Crippen LogP contribution in [0.1, 0.15) is 22.3 Å². The van der Waals surface area contributed by atoms with Crippen LogP contribution in [0.2, 0.25) is 0 Å². The molecule has 1 heterocycles. The zero-order chi connectivity index (χ0) is 23.4. The largest absolute Gasteiger partial charge is 0.256 e. The molecule has 6 aromatic rings. The lowest BCUT2D eigenvalue weighted by Crippen LogP contribution is -1.94. The van der Waals surface area contributed by atoms with Gasteiger partial charge in [0.15, 0.2) is 0 Å². The summed E-state index contributed by atoms with van der Waals surface area (Å²) in [5, 5.41) is 6.24. The Morgan fingerprint density at radius 2 is 0.941 bits per heavy atom. The van der Waals surface area contributed by atoms with Crippen molar-refractivity contribution in [2.45, 2.75) is 27.7 Å². The highest BCUT2D eigenvalue weighted by atomic mass is 14.6. The molecule has 0 saturated carbocycles. The first kappa shape index (κ1) is 20.6. The SMILES string of the molecule is Cc1cc(C)cc(-c2c3ccccc3c(-c3cc(C)cc(C)c3)c3c2cnc2ccccc23)c1. The predicted octanol–water partition coefficient (Wildman–Crippen LogP) is 9.11. The minimum Gasteiger partial charge on any atom is -0.256 e. The normalized spacial score (nSPS) is 11.5. The summed E-state index contributed by atoms with van der Waals surface area (Å²) in [6, 6.07) is 31.1. The van der Waals surface area contributed by atoms with Crippen molar-refractivity contribution < 1.29 is 0 Å². The van der Waals surface area contributed by atoms with Crippen molar-refractivity contribution in [3.8, 4) is 22.3 Å². The first-order chi connectivity index (χ1) is 16.5. The minimum absolute atomic E-state index is 1.03. The number of fused-ring (bicyclic) bond motifs is 4. The van der Waals surface area contributed by atoms with Crippen LogP contribution in [-0.4, -0.2) is 4.98 Å². The Morgan fingerprint density at radius 1 is 0.471 bits per heavy atom. The summed E-state index contributed by atoms with van der Waals surface area (Å²) >= 11 is 0. The maximum Gasteiger partial charge on any atom is 0.0708 e. The Bertz CT molecular complexity index is 1700. The lowest BCUT2D eigenvalue weighted by atomic mass is 9.84. The first-order valence-corrected chi connectivity index (χ1v) is 11.9. The van der Waals surface area contributed by atoms with E-state index in [1.54, 1.807) is 0 Å². The Hall–Kier alpha value is -3.97. The number of hydrogen-bond acceptors (Lipinski definition) is 1. The molecule has 0 atom stereocenters. The van der Waals surface area contributed by atoms with Crippen molar-refractivity contribution in [2.24, 2.45) is 0 Å². The van der Waals surface area contributed by atoms with Gasteiger partial charge in [-0.3, -0.25) is 4.98 Å². The number of para-hydroxylation sites is 1. The van der Waals surface area contributed by atoms with Gasteiger partial charge in [0.25, 0.3) is 0 Å². The maximum absolute atomic E-state index is 4.92. The van der Waals surface area contributed by atoms with Crippen LogP contribution in [0.5, 0.6) is 0 Å². The molecule has 6 rings (SSSR count). The highest BCUT2D eigenvalue weighted by molar-refractivity contribution is 6.27. The Morgan fingerprint density at radius 3 is 1.53 bits per heavy atom. The topological polar surface area (TPSA) is 12.9 Å². The van der Waals surface area contributed by atoms with Crippen molar-refractivity contribution in [1.82, 2.24) is 4.98 Å². The summed E-state index contributed by atoms with van der Waals surface area (Å²) in [6.45, 7) is 8.73. The number of benzene rings is 5. The number of nitrogens with zero attached hydrogens (tertiary/aromatic N) is 1. The number of aromatic nitrogens is 1. The van der Waals surface area contributed by atoms with E-state index in [2.05, 4.69) is 119 Å². The van der Waals surface area contributed by atoms with E-state index in [0.29, 0.717) is 0 Å². The highest BCUT2D eigenvalue weighted by Gasteiger charge is 2.19. The van der Waals surface area contributed by atoms with Gasteiger partial charge < -0.3 is 0 Å². The van der Waals surface area contributed by atoms with Crippen LogP contribution >= 0.6 is 0 Å². The molecular formula is C33H27N. The number of rotatable bonds is 2. The minimum atomic E-state index is 1.03. The standard InChI is InChI=1S/C33H27N/c1-20-13-21(2)16-24(15-20)31-26-9-5-6-10-27(26)32(25-17-22(3)14-23(4)18-25)33-28-11-7-8-12-30(28)34-19-29(31)33/h5-19H,1-4H3. The molecule has 1 aromatic heterocycles. The van der Waals surface area contributed by atoms with Crippen LogP contribution in [0.3, 0.4) is 0 Å². The van der Waals surface area contributed by atoms with Crippen molar-refractivity contribution >= 4 is 32.4 Å². The lowest BCUT2D eigenvalue weighted by molar-refractivity contribution is 1.38. The average molecular weight is 438 g/mol. The Balaban J connectivity index is 1.91. The van der Waals surface area contributed by atoms with E-state index in [-0.39, 0.29) is 0 Å². The summed E-state index contributed by atoms with van der Waals surface area (Å²) in [5.74, 6) is 0. The van der Waals surface area contributed by atoms with Crippen molar-refractivity contribution in [1.29, 1.82) is 0 Å². The molecule has 0 spiro atoms. The van der Waals surface area contributed by atoms with Gasteiger partial charge in [-0.05, 0) is 66.8 Å². The fraction of sp³-hybridized carbons (Fsp3) is 0.121. The molecule has 0 saturated heterocycles. The molecule has 1 nitrogen and oxygen atoms in total. The molecule has 5 aromatic carbocycles. The van der Waals surface area contributed by atoms with Gasteiger partial charge in [-0.15, -0.1) is 0 Å². The second kappa shape index (κ2) is 7.81. The smallest absolute Gasteiger partial charge is 0.0708 e. The molecule has 164 valence electrons. The number of pyridine rings is 1. The fourth-order valence-electron chi connectivity index (χ4n) is 5.65. The lowest BCUT2D eigenvalue weighted by Gasteiger charge is -2.20. The molecule has 0 aliphatic rings. The van der Waals surface area contributed by atoms with E-state index in [4.69, 9.17) is 4.98 Å². The first-order valence-electron chi connectivity index (χ1n) is 11.9. The van der Waals surface area contributed by atoms with E-state index in [1.807, 2.05) is 0 Å². The van der Waals surface area contributed by atoms with Crippen molar-refractivity contribution in [2.75, 3.05) is 0 Å². The molecule has 0 unspecified atom stereocenters. The Kier molecular flexibility index (Phi) is 4.74. The summed E-state index contributed by atoms with van der Waals surface area (Å²) in [7, 11) is 0. The molecule has 0 aliphatic heterocycles. The monoisotopic (exact) mass is 437 g/mol. The van der Waals surface area contributed by atoms with Gasteiger partial charge in [0.2, 0.25) is 0 Å². The molecule has 0 aliphatic carbocycles. The van der Waals surface area contributed by atoms with E-state index in [9.17, 15) is 0 Å². The van der Waals surface area contributed by atoms with Crippen LogP contribution in [0.25, 0.3) is 54.7 Å². The zero-order valence-electron chi connectivity index (χ0n) is 20.1. The van der Waals surface area contributed by atoms with Crippen LogP contribution < -0.4 is 0 Å². The molecule has 0 fully saturated rings. The van der Waals surface area contributed by atoms with Crippen LogP contribution in [-0.2, 0) is 0 Å². The second-order valence-corrected chi connectivity index (χ2v) is 9.61. The molecule has 34 heavy (non-hydrogen) atoms. The zero-order valence-corrected chi connectivity index (χ0v) is 20.1. The van der Waals surface area contributed by atoms with Gasteiger partial charge in [0.05, 0.1) is 5.52 Å². The second-order valence-electron chi connectivity index (χ2n) is 9.61. The highest BCUT2D eigenvalue weighted by Crippen LogP contribution is 2.46. The van der Waals surface area contributed by atoms with Gasteiger partial charge >= 0.3 is 0 Å². The van der Waals surface area contributed by atoms with Crippen LogP contribution in [0, 0.1) is 27.7 Å². The van der Waals surface area contributed by atoms with Crippen LogP contribution in [0.15, 0.2) is 91.1 Å². The third-order valence-corrected chi connectivity index (χ3v) is 6.78. The van der Waals surface area contributed by atoms with Gasteiger partial charge in [-0.2, -0.15) is 0 Å². The number of hydrogen-bond donors (Lipinski definition) is 0. The molecular weight excluding hydrogens is 410 g/mol. The number of aryl methyl sites for hydroxylation is 4. The van der Waals surface area contributed by atoms with Gasteiger partial charge in [-0.25, -0.2) is 0 Å². The fourth-order valence-corrected chi connectivity index (χ4v) is 5.65. The molecule has 0 amide bonds. The summed E-state index contributed by atoms with van der Waals surface area (Å²) in [4.78, 5) is 4.92. The molecule has 1 heteroatoms. The summed E-state index contributed by atoms with van der Waals surface area (Å²) in [5.41, 5.74) is 11.2. The third kappa shape index (κ3) is 3.28. The maximum atomic E-state index is 4.92. The Labute approximate surface area is 200 Å². The molecule has 0 radical (unpaired) electrons. The predicted molar refractivity (Wildman–Crippen MR) is 147 cm³/mol. The van der Waals surface area contributed by atoms with Gasteiger partial charge in [0, 0.05) is 22.4 Å². The van der Waals surface area contributed by atoms with Gasteiger partial charge in [-0.1, -0.05) is 101 Å². The quantitative estimate of drug-likeness (QED) is 0.194.